The largest absolute Gasteiger partial charge is 0.495 e. The van der Waals surface area contributed by atoms with E-state index in [2.05, 4.69) is 9.98 Å². The second-order valence-electron chi connectivity index (χ2n) is 2.94. The number of methoxy groups -OCH3 is 1. The molecule has 0 aliphatic heterocycles. The maximum atomic E-state index is 5.93. The Morgan fingerprint density at radius 3 is 2.35 bits per heavy atom. The van der Waals surface area contributed by atoms with Crippen molar-refractivity contribution in [3.05, 3.63) is 22.2 Å². The molecule has 0 radical (unpaired) electrons. The molecule has 0 spiro atoms. The average Bonchev–Trinajstić information content (AvgIpc) is 2.20. The monoisotopic (exact) mass is 275 g/mol. The highest BCUT2D eigenvalue weighted by Crippen LogP contribution is 2.35. The summed E-state index contributed by atoms with van der Waals surface area (Å²) in [5, 5.41) is 0.682. The third-order valence-corrected chi connectivity index (χ3v) is 2.30. The molecule has 0 aromatic heterocycles. The first-order valence-corrected chi connectivity index (χ1v) is 5.16. The van der Waals surface area contributed by atoms with Gasteiger partial charge in [-0.3, -0.25) is 0 Å². The number of hydrogen-bond acceptors (Lipinski definition) is 2. The molecule has 0 heterocycles. The summed E-state index contributed by atoms with van der Waals surface area (Å²) in [7, 11) is 1.47. The fraction of sp³-hybridized carbons (Fsp3) is 0.111. The molecule has 17 heavy (non-hydrogen) atoms. The van der Waals surface area contributed by atoms with Crippen LogP contribution in [-0.4, -0.2) is 19.0 Å². The smallest absolute Gasteiger partial charge is 0.223 e. The Morgan fingerprint density at radius 2 is 1.82 bits per heavy atom. The Hall–Kier alpha value is -1.66. The van der Waals surface area contributed by atoms with Gasteiger partial charge in [0.25, 0.3) is 0 Å². The van der Waals surface area contributed by atoms with E-state index >= 15 is 0 Å². The standard InChI is InChI=1S/C9H11Cl2N5O/c1-17-7-3-6(4(10)2-5(7)11)15-9(14)16-8(12)13/h2-3H,1H3,(H6,12,13,14,15,16). The van der Waals surface area contributed by atoms with Gasteiger partial charge < -0.3 is 21.9 Å². The molecule has 6 nitrogen and oxygen atoms in total. The second-order valence-corrected chi connectivity index (χ2v) is 3.76. The van der Waals surface area contributed by atoms with E-state index in [1.54, 1.807) is 0 Å². The van der Waals surface area contributed by atoms with Gasteiger partial charge in [0.2, 0.25) is 5.96 Å². The molecule has 1 aromatic rings. The van der Waals surface area contributed by atoms with Crippen LogP contribution in [0.5, 0.6) is 5.75 Å². The van der Waals surface area contributed by atoms with Crippen LogP contribution >= 0.6 is 23.2 Å². The highest BCUT2D eigenvalue weighted by Gasteiger charge is 2.07. The zero-order valence-corrected chi connectivity index (χ0v) is 10.5. The third-order valence-electron chi connectivity index (χ3n) is 1.70. The summed E-state index contributed by atoms with van der Waals surface area (Å²) in [4.78, 5) is 7.48. The van der Waals surface area contributed by atoms with E-state index in [-0.39, 0.29) is 11.9 Å². The van der Waals surface area contributed by atoms with Crippen molar-refractivity contribution in [2.75, 3.05) is 7.11 Å². The molecule has 0 saturated heterocycles. The molecule has 6 N–H and O–H groups in total. The van der Waals surface area contributed by atoms with E-state index in [1.807, 2.05) is 0 Å². The summed E-state index contributed by atoms with van der Waals surface area (Å²) in [6.07, 6.45) is 0. The maximum absolute atomic E-state index is 5.93. The third kappa shape index (κ3) is 3.69. The van der Waals surface area contributed by atoms with Gasteiger partial charge in [0.05, 0.1) is 22.8 Å². The molecule has 0 bridgehead atoms. The van der Waals surface area contributed by atoms with Crippen molar-refractivity contribution in [1.29, 1.82) is 0 Å². The number of nitrogens with zero attached hydrogens (tertiary/aromatic N) is 2. The van der Waals surface area contributed by atoms with Crippen molar-refractivity contribution in [1.82, 2.24) is 0 Å². The van der Waals surface area contributed by atoms with Crippen LogP contribution in [-0.2, 0) is 0 Å². The van der Waals surface area contributed by atoms with Gasteiger partial charge in [-0.2, -0.15) is 4.99 Å². The minimum absolute atomic E-state index is 0.115. The normalized spacial score (nSPS) is 11.1. The predicted molar refractivity (Wildman–Crippen MR) is 70.1 cm³/mol. The van der Waals surface area contributed by atoms with Crippen LogP contribution in [0.1, 0.15) is 0 Å². The molecule has 1 rings (SSSR count). The molecule has 8 heteroatoms. The van der Waals surface area contributed by atoms with Gasteiger partial charge in [-0.15, -0.1) is 0 Å². The van der Waals surface area contributed by atoms with Gasteiger partial charge in [-0.05, 0) is 6.07 Å². The number of aliphatic imine (C=N–C) groups is 2. The van der Waals surface area contributed by atoms with Crippen molar-refractivity contribution in [2.45, 2.75) is 0 Å². The fourth-order valence-corrected chi connectivity index (χ4v) is 1.54. The van der Waals surface area contributed by atoms with Crippen molar-refractivity contribution in [2.24, 2.45) is 27.2 Å². The van der Waals surface area contributed by atoms with Crippen LogP contribution in [0, 0.1) is 0 Å². The van der Waals surface area contributed by atoms with E-state index in [0.29, 0.717) is 21.5 Å². The zero-order chi connectivity index (χ0) is 13.0. The van der Waals surface area contributed by atoms with Crippen molar-refractivity contribution >= 4 is 40.8 Å². The summed E-state index contributed by atoms with van der Waals surface area (Å²) in [5.41, 5.74) is 16.1. The Morgan fingerprint density at radius 1 is 1.18 bits per heavy atom. The summed E-state index contributed by atoms with van der Waals surface area (Å²) in [5.74, 6) is 0.117. The van der Waals surface area contributed by atoms with Crippen LogP contribution < -0.4 is 21.9 Å². The number of ether oxygens (including phenoxy) is 1. The number of guanidine groups is 2. The number of benzene rings is 1. The topological polar surface area (TPSA) is 112 Å². The van der Waals surface area contributed by atoms with Crippen molar-refractivity contribution in [3.63, 3.8) is 0 Å². The van der Waals surface area contributed by atoms with Crippen LogP contribution in [0.25, 0.3) is 0 Å². The maximum Gasteiger partial charge on any atom is 0.223 e. The lowest BCUT2D eigenvalue weighted by Gasteiger charge is -2.05. The molecule has 0 aliphatic rings. The zero-order valence-electron chi connectivity index (χ0n) is 8.95. The van der Waals surface area contributed by atoms with Crippen LogP contribution in [0.3, 0.4) is 0 Å². The molecular formula is C9H11Cl2N5O. The minimum atomic E-state index is -0.191. The summed E-state index contributed by atoms with van der Waals surface area (Å²) < 4.78 is 5.02. The lowest BCUT2D eigenvalue weighted by atomic mass is 10.3. The SMILES string of the molecule is COc1cc(N=C(N)N=C(N)N)c(Cl)cc1Cl. The van der Waals surface area contributed by atoms with E-state index in [1.165, 1.54) is 19.2 Å². The molecule has 0 amide bonds. The molecule has 0 saturated carbocycles. The van der Waals surface area contributed by atoms with Gasteiger partial charge in [-0.1, -0.05) is 23.2 Å². The number of rotatable bonds is 2. The first-order valence-electron chi connectivity index (χ1n) is 4.41. The Bertz CT molecular complexity index is 483. The lowest BCUT2D eigenvalue weighted by Crippen LogP contribution is -2.26. The Balaban J connectivity index is 3.19. The first-order chi connectivity index (χ1) is 7.93. The fourth-order valence-electron chi connectivity index (χ4n) is 1.04. The number of halogens is 2. The molecule has 1 aromatic carbocycles. The van der Waals surface area contributed by atoms with Gasteiger partial charge in [-0.25, -0.2) is 4.99 Å². The van der Waals surface area contributed by atoms with Crippen LogP contribution in [0.15, 0.2) is 22.1 Å². The molecule has 0 aliphatic carbocycles. The summed E-state index contributed by atoms with van der Waals surface area (Å²) in [6, 6.07) is 3.02. The Labute approximate surface area is 108 Å². The van der Waals surface area contributed by atoms with E-state index in [9.17, 15) is 0 Å². The molecule has 0 atom stereocenters. The predicted octanol–water partition coefficient (Wildman–Crippen LogP) is 1.22. The average molecular weight is 276 g/mol. The molecule has 0 unspecified atom stereocenters. The second kappa shape index (κ2) is 5.60. The van der Waals surface area contributed by atoms with E-state index in [0.717, 1.165) is 0 Å². The summed E-state index contributed by atoms with van der Waals surface area (Å²) >= 11 is 11.8. The Kier molecular flexibility index (Phi) is 4.42. The molecule has 0 fully saturated rings. The lowest BCUT2D eigenvalue weighted by molar-refractivity contribution is 0.415. The van der Waals surface area contributed by atoms with Crippen molar-refractivity contribution < 1.29 is 4.74 Å². The van der Waals surface area contributed by atoms with Gasteiger partial charge in [0.1, 0.15) is 5.75 Å². The van der Waals surface area contributed by atoms with E-state index < -0.39 is 0 Å². The van der Waals surface area contributed by atoms with Gasteiger partial charge in [0, 0.05) is 6.07 Å². The number of hydrogen-bond donors (Lipinski definition) is 3. The van der Waals surface area contributed by atoms with Gasteiger partial charge >= 0.3 is 0 Å². The highest BCUT2D eigenvalue weighted by molar-refractivity contribution is 6.37. The molecular weight excluding hydrogens is 265 g/mol. The number of nitrogens with two attached hydrogens (primary N) is 3. The first kappa shape index (κ1) is 13.4. The van der Waals surface area contributed by atoms with E-state index in [4.69, 9.17) is 45.1 Å². The van der Waals surface area contributed by atoms with Crippen LogP contribution in [0.2, 0.25) is 10.0 Å². The quantitative estimate of drug-likeness (QED) is 0.556. The van der Waals surface area contributed by atoms with Crippen molar-refractivity contribution in [3.8, 4) is 5.75 Å². The minimum Gasteiger partial charge on any atom is -0.495 e. The highest BCUT2D eigenvalue weighted by atomic mass is 35.5. The van der Waals surface area contributed by atoms with Gasteiger partial charge in [0.15, 0.2) is 5.96 Å². The van der Waals surface area contributed by atoms with Crippen LogP contribution in [0.4, 0.5) is 5.69 Å². The molecule has 92 valence electrons. The summed E-state index contributed by atoms with van der Waals surface area (Å²) in [6.45, 7) is 0.